The molecule has 0 saturated heterocycles. The lowest BCUT2D eigenvalue weighted by atomic mass is 9.91. The van der Waals surface area contributed by atoms with Crippen molar-refractivity contribution < 1.29 is 4.74 Å². The lowest BCUT2D eigenvalue weighted by Gasteiger charge is -2.43. The van der Waals surface area contributed by atoms with Crippen molar-refractivity contribution in [2.24, 2.45) is 4.99 Å². The van der Waals surface area contributed by atoms with Crippen molar-refractivity contribution >= 4 is 5.96 Å². The predicted molar refractivity (Wildman–Crippen MR) is 66.9 cm³/mol. The van der Waals surface area contributed by atoms with Crippen molar-refractivity contribution in [1.82, 2.24) is 10.6 Å². The average Bonchev–Trinajstić information content (AvgIpc) is 2.30. The van der Waals surface area contributed by atoms with Crippen molar-refractivity contribution in [3.05, 3.63) is 29.3 Å². The summed E-state index contributed by atoms with van der Waals surface area (Å²) in [5.74, 6) is 1.38. The van der Waals surface area contributed by atoms with E-state index in [0.717, 1.165) is 23.3 Å². The number of fused-ring (bicyclic) bond motifs is 4. The molecule has 2 bridgehead atoms. The summed E-state index contributed by atoms with van der Waals surface area (Å²) in [4.78, 5) is 4.51. The van der Waals surface area contributed by atoms with Crippen LogP contribution in [0.15, 0.2) is 23.2 Å². The Bertz CT molecular complexity index is 575. The van der Waals surface area contributed by atoms with Crippen molar-refractivity contribution in [3.63, 3.8) is 0 Å². The van der Waals surface area contributed by atoms with Crippen LogP contribution in [0.25, 0.3) is 0 Å². The smallest absolute Gasteiger partial charge is 0.208 e. The van der Waals surface area contributed by atoms with E-state index in [0.29, 0.717) is 5.96 Å². The number of hydrogen-bond donors (Lipinski definition) is 2. The highest BCUT2D eigenvalue weighted by atomic mass is 16.5. The van der Waals surface area contributed by atoms with Gasteiger partial charge in [-0.1, -0.05) is 18.2 Å². The Kier molecular flexibility index (Phi) is 2.20. The molecule has 0 aromatic heterocycles. The zero-order chi connectivity index (χ0) is 12.8. The summed E-state index contributed by atoms with van der Waals surface area (Å²) in [6, 6.07) is 6.11. The fraction of sp³-hybridized carbons (Fsp3) is 0.385. The van der Waals surface area contributed by atoms with Gasteiger partial charge in [0, 0.05) is 12.0 Å². The number of nitrogens with one attached hydrogen (secondary N) is 2. The van der Waals surface area contributed by atoms with E-state index < -0.39 is 5.72 Å². The Morgan fingerprint density at radius 1 is 1.61 bits per heavy atom. The van der Waals surface area contributed by atoms with Gasteiger partial charge in [-0.05, 0) is 19.4 Å². The zero-order valence-electron chi connectivity index (χ0n) is 10.3. The van der Waals surface area contributed by atoms with Crippen LogP contribution in [0.2, 0.25) is 0 Å². The van der Waals surface area contributed by atoms with Gasteiger partial charge < -0.3 is 10.1 Å². The number of nitriles is 1. The van der Waals surface area contributed by atoms with E-state index >= 15 is 0 Å². The van der Waals surface area contributed by atoms with Gasteiger partial charge in [-0.3, -0.25) is 5.32 Å². The number of aryl methyl sites for hydroxylation is 1. The highest BCUT2D eigenvalue weighted by molar-refractivity contribution is 5.83. The minimum Gasteiger partial charge on any atom is -0.468 e. The third-order valence-corrected chi connectivity index (χ3v) is 3.35. The van der Waals surface area contributed by atoms with E-state index in [2.05, 4.69) is 15.6 Å². The number of para-hydroxylation sites is 1. The summed E-state index contributed by atoms with van der Waals surface area (Å²) in [6.45, 7) is 4.00. The Morgan fingerprint density at radius 2 is 2.44 bits per heavy atom. The Labute approximate surface area is 105 Å². The third kappa shape index (κ3) is 1.58. The van der Waals surface area contributed by atoms with Crippen molar-refractivity contribution in [2.75, 3.05) is 0 Å². The molecule has 2 unspecified atom stereocenters. The maximum atomic E-state index is 8.68. The second-order valence-corrected chi connectivity index (χ2v) is 4.89. The Balaban J connectivity index is 2.10. The number of hydrogen-bond acceptors (Lipinski definition) is 5. The summed E-state index contributed by atoms with van der Waals surface area (Å²) in [7, 11) is 0. The molecule has 2 atom stereocenters. The van der Waals surface area contributed by atoms with Crippen molar-refractivity contribution in [1.29, 1.82) is 5.26 Å². The first-order valence-electron chi connectivity index (χ1n) is 5.91. The van der Waals surface area contributed by atoms with Crippen LogP contribution in [0.3, 0.4) is 0 Å². The molecule has 0 radical (unpaired) electrons. The van der Waals surface area contributed by atoms with E-state index in [9.17, 15) is 0 Å². The first-order valence-corrected chi connectivity index (χ1v) is 5.91. The van der Waals surface area contributed by atoms with E-state index in [-0.39, 0.29) is 6.04 Å². The summed E-state index contributed by atoms with van der Waals surface area (Å²) < 4.78 is 6.06. The fourth-order valence-corrected chi connectivity index (χ4v) is 2.57. The molecule has 0 amide bonds. The van der Waals surface area contributed by atoms with Crippen LogP contribution < -0.4 is 15.4 Å². The van der Waals surface area contributed by atoms with Crippen LogP contribution in [-0.4, -0.2) is 11.7 Å². The molecule has 1 aromatic carbocycles. The maximum absolute atomic E-state index is 8.68. The molecule has 5 heteroatoms. The van der Waals surface area contributed by atoms with Crippen LogP contribution in [0, 0.1) is 18.4 Å². The number of nitrogens with zero attached hydrogens (tertiary/aromatic N) is 2. The minimum atomic E-state index is -0.509. The van der Waals surface area contributed by atoms with Gasteiger partial charge in [0.05, 0.1) is 6.04 Å². The SMILES string of the molecule is Cc1cccc2c1OC1(C)CC2N=C(NC#N)N1. The first-order chi connectivity index (χ1) is 8.61. The molecule has 0 aliphatic carbocycles. The summed E-state index contributed by atoms with van der Waals surface area (Å²) in [5.41, 5.74) is 1.69. The molecular weight excluding hydrogens is 228 g/mol. The fourth-order valence-electron chi connectivity index (χ4n) is 2.57. The van der Waals surface area contributed by atoms with E-state index in [4.69, 9.17) is 10.00 Å². The van der Waals surface area contributed by atoms with Crippen LogP contribution in [0.4, 0.5) is 0 Å². The van der Waals surface area contributed by atoms with Gasteiger partial charge in [0.15, 0.2) is 11.9 Å². The summed E-state index contributed by atoms with van der Waals surface area (Å²) in [6.07, 6.45) is 2.64. The quantitative estimate of drug-likeness (QED) is 0.535. The molecule has 18 heavy (non-hydrogen) atoms. The maximum Gasteiger partial charge on any atom is 0.208 e. The van der Waals surface area contributed by atoms with Crippen LogP contribution in [-0.2, 0) is 0 Å². The second-order valence-electron chi connectivity index (χ2n) is 4.89. The van der Waals surface area contributed by atoms with Crippen molar-refractivity contribution in [2.45, 2.75) is 32.0 Å². The monoisotopic (exact) mass is 242 g/mol. The largest absolute Gasteiger partial charge is 0.468 e. The zero-order valence-corrected chi connectivity index (χ0v) is 10.3. The lowest BCUT2D eigenvalue weighted by molar-refractivity contribution is 0.0309. The van der Waals surface area contributed by atoms with E-state index in [1.165, 1.54) is 0 Å². The second kappa shape index (κ2) is 3.64. The molecule has 3 rings (SSSR count). The molecule has 2 heterocycles. The normalized spacial score (nSPS) is 28.1. The van der Waals surface area contributed by atoms with Crippen LogP contribution in [0.1, 0.15) is 30.5 Å². The predicted octanol–water partition coefficient (Wildman–Crippen LogP) is 1.56. The van der Waals surface area contributed by atoms with Gasteiger partial charge in [-0.2, -0.15) is 5.26 Å². The van der Waals surface area contributed by atoms with Gasteiger partial charge in [-0.25, -0.2) is 4.99 Å². The van der Waals surface area contributed by atoms with Gasteiger partial charge in [0.2, 0.25) is 5.96 Å². The molecule has 0 saturated carbocycles. The number of guanidine groups is 1. The third-order valence-electron chi connectivity index (χ3n) is 3.35. The van der Waals surface area contributed by atoms with Crippen LogP contribution >= 0.6 is 0 Å². The van der Waals surface area contributed by atoms with Crippen molar-refractivity contribution in [3.8, 4) is 11.9 Å². The van der Waals surface area contributed by atoms with E-state index in [1.807, 2.05) is 38.2 Å². The van der Waals surface area contributed by atoms with Gasteiger partial charge in [0.25, 0.3) is 0 Å². The molecule has 5 nitrogen and oxygen atoms in total. The lowest BCUT2D eigenvalue weighted by Crippen LogP contribution is -2.58. The van der Waals surface area contributed by atoms with E-state index in [1.54, 1.807) is 0 Å². The van der Waals surface area contributed by atoms with Crippen LogP contribution in [0.5, 0.6) is 5.75 Å². The van der Waals surface area contributed by atoms with Gasteiger partial charge in [-0.15, -0.1) is 0 Å². The highest BCUT2D eigenvalue weighted by Gasteiger charge is 2.41. The molecule has 2 aliphatic heterocycles. The molecule has 2 aliphatic rings. The molecule has 2 N–H and O–H groups in total. The highest BCUT2D eigenvalue weighted by Crippen LogP contribution is 2.43. The number of rotatable bonds is 0. The number of ether oxygens (including phenoxy) is 1. The minimum absolute atomic E-state index is 0.0377. The Morgan fingerprint density at radius 3 is 3.22 bits per heavy atom. The standard InChI is InChI=1S/C13H14N4O/c1-8-4-3-5-9-10-6-13(2,18-11(8)9)17-12(16-10)15-7-14/h3-5,10H,6H2,1-2H3,(H2,15,16,17). The Hall–Kier alpha value is -2.22. The average molecular weight is 242 g/mol. The molecular formula is C13H14N4O. The number of aliphatic imine (C=N–C) groups is 1. The molecule has 92 valence electrons. The molecule has 0 fully saturated rings. The number of benzene rings is 1. The molecule has 1 aromatic rings. The van der Waals surface area contributed by atoms with Gasteiger partial charge in [0.1, 0.15) is 5.75 Å². The first kappa shape index (κ1) is 10.9. The summed E-state index contributed by atoms with van der Waals surface area (Å²) >= 11 is 0. The summed E-state index contributed by atoms with van der Waals surface area (Å²) in [5, 5.41) is 14.4. The molecule has 0 spiro atoms. The van der Waals surface area contributed by atoms with Gasteiger partial charge >= 0.3 is 0 Å². The topological polar surface area (TPSA) is 69.4 Å².